The van der Waals surface area contributed by atoms with E-state index < -0.39 is 0 Å². The van der Waals surface area contributed by atoms with Gasteiger partial charge in [0.05, 0.1) is 17.9 Å². The molecule has 1 unspecified atom stereocenters. The first-order valence-corrected chi connectivity index (χ1v) is 8.59. The van der Waals surface area contributed by atoms with Gasteiger partial charge in [0.1, 0.15) is 11.2 Å². The highest BCUT2D eigenvalue weighted by atomic mass is 19.1. The topological polar surface area (TPSA) is 75.6 Å². The third kappa shape index (κ3) is 3.19. The molecule has 0 aliphatic rings. The Labute approximate surface area is 154 Å². The van der Waals surface area contributed by atoms with E-state index in [0.29, 0.717) is 22.5 Å². The molecule has 0 spiro atoms. The molecule has 2 aromatic carbocycles. The molecule has 0 fully saturated rings. The van der Waals surface area contributed by atoms with E-state index in [-0.39, 0.29) is 17.4 Å². The Balaban J connectivity index is 1.72. The van der Waals surface area contributed by atoms with Crippen molar-refractivity contribution in [3.05, 3.63) is 82.0 Å². The quantitative estimate of drug-likeness (QED) is 0.579. The smallest absolute Gasteiger partial charge is 0.263 e. The van der Waals surface area contributed by atoms with E-state index in [9.17, 15) is 9.18 Å². The molecule has 1 atom stereocenters. The maximum atomic E-state index is 13.8. The molecule has 2 N–H and O–H groups in total. The number of nitrogens with one attached hydrogen (secondary N) is 2. The zero-order valence-electron chi connectivity index (χ0n) is 14.9. The van der Waals surface area contributed by atoms with Crippen molar-refractivity contribution in [3.63, 3.8) is 0 Å². The molecule has 0 aliphatic heterocycles. The summed E-state index contributed by atoms with van der Waals surface area (Å²) in [6, 6.07) is 14.3. The molecule has 0 amide bonds. The van der Waals surface area contributed by atoms with Crippen LogP contribution in [0.3, 0.4) is 0 Å². The number of para-hydroxylation sites is 1. The van der Waals surface area contributed by atoms with E-state index in [1.165, 1.54) is 12.3 Å². The first kappa shape index (κ1) is 17.0. The van der Waals surface area contributed by atoms with Gasteiger partial charge in [0, 0.05) is 0 Å². The molecule has 7 heteroatoms. The lowest BCUT2D eigenvalue weighted by atomic mass is 10.1. The van der Waals surface area contributed by atoms with E-state index in [1.54, 1.807) is 17.7 Å². The number of halogens is 1. The van der Waals surface area contributed by atoms with Gasteiger partial charge in [-0.3, -0.25) is 9.78 Å². The summed E-state index contributed by atoms with van der Waals surface area (Å²) in [5.74, 6) is 0.0406. The lowest BCUT2D eigenvalue weighted by Crippen LogP contribution is -2.16. The van der Waals surface area contributed by atoms with Gasteiger partial charge in [-0.15, -0.1) is 0 Å². The first-order chi connectivity index (χ1) is 13.0. The number of fused-ring (bicyclic) bond motifs is 1. The summed E-state index contributed by atoms with van der Waals surface area (Å²) in [6.45, 7) is 3.59. The standard InChI is InChI=1S/C20H18FN5O/c1-12-8-9-14(10-17(12)21)13(2)23-20-24-18-16(19(27)25-20)11-22-26(18)15-6-4-3-5-7-15/h3-11,13H,1-2H3,(H2,23,24,25,27). The second kappa shape index (κ2) is 6.68. The maximum Gasteiger partial charge on any atom is 0.263 e. The number of rotatable bonds is 4. The van der Waals surface area contributed by atoms with Crippen LogP contribution in [0.5, 0.6) is 0 Å². The summed E-state index contributed by atoms with van der Waals surface area (Å²) >= 11 is 0. The lowest BCUT2D eigenvalue weighted by molar-refractivity contribution is 0.614. The predicted molar refractivity (Wildman–Crippen MR) is 103 cm³/mol. The van der Waals surface area contributed by atoms with E-state index in [1.807, 2.05) is 43.3 Å². The third-order valence-electron chi connectivity index (χ3n) is 4.49. The first-order valence-electron chi connectivity index (χ1n) is 8.59. The SMILES string of the molecule is Cc1ccc(C(C)Nc2nc3c(cnn3-c3ccccc3)c(=O)[nH]2)cc1F. The van der Waals surface area contributed by atoms with Crippen LogP contribution < -0.4 is 10.9 Å². The molecule has 0 saturated heterocycles. The van der Waals surface area contributed by atoms with Crippen LogP contribution in [0.4, 0.5) is 10.3 Å². The number of hydrogen-bond acceptors (Lipinski definition) is 4. The van der Waals surface area contributed by atoms with Crippen LogP contribution in [0.15, 0.2) is 59.5 Å². The van der Waals surface area contributed by atoms with Crippen molar-refractivity contribution < 1.29 is 4.39 Å². The number of H-pyrrole nitrogens is 1. The molecule has 0 saturated carbocycles. The monoisotopic (exact) mass is 363 g/mol. The summed E-state index contributed by atoms with van der Waals surface area (Å²) in [5, 5.41) is 7.82. The van der Waals surface area contributed by atoms with E-state index in [4.69, 9.17) is 0 Å². The Bertz CT molecular complexity index is 1170. The highest BCUT2D eigenvalue weighted by molar-refractivity contribution is 5.76. The molecular weight excluding hydrogens is 345 g/mol. The average Bonchev–Trinajstić information content (AvgIpc) is 3.09. The average molecular weight is 363 g/mol. The number of aryl methyl sites for hydroxylation is 1. The molecular formula is C20H18FN5O. The molecule has 0 bridgehead atoms. The zero-order valence-corrected chi connectivity index (χ0v) is 14.9. The molecule has 0 aliphatic carbocycles. The molecule has 136 valence electrons. The van der Waals surface area contributed by atoms with Crippen molar-refractivity contribution >= 4 is 17.0 Å². The molecule has 6 nitrogen and oxygen atoms in total. The van der Waals surface area contributed by atoms with Crippen LogP contribution in [0.1, 0.15) is 24.1 Å². The number of anilines is 1. The summed E-state index contributed by atoms with van der Waals surface area (Å²) in [4.78, 5) is 19.6. The molecule has 4 rings (SSSR count). The van der Waals surface area contributed by atoms with Crippen LogP contribution in [0.25, 0.3) is 16.7 Å². The van der Waals surface area contributed by atoms with Crippen molar-refractivity contribution in [2.45, 2.75) is 19.9 Å². The molecule has 0 radical (unpaired) electrons. The van der Waals surface area contributed by atoms with Crippen LogP contribution in [0, 0.1) is 12.7 Å². The number of aromatic amines is 1. The van der Waals surface area contributed by atoms with Crippen LogP contribution >= 0.6 is 0 Å². The highest BCUT2D eigenvalue weighted by Gasteiger charge is 2.14. The van der Waals surface area contributed by atoms with Crippen LogP contribution in [-0.2, 0) is 0 Å². The van der Waals surface area contributed by atoms with E-state index in [0.717, 1.165) is 11.3 Å². The van der Waals surface area contributed by atoms with Crippen molar-refractivity contribution in [1.29, 1.82) is 0 Å². The number of hydrogen-bond donors (Lipinski definition) is 2. The fourth-order valence-corrected chi connectivity index (χ4v) is 2.91. The zero-order chi connectivity index (χ0) is 19.0. The van der Waals surface area contributed by atoms with Crippen molar-refractivity contribution in [2.24, 2.45) is 0 Å². The van der Waals surface area contributed by atoms with Gasteiger partial charge >= 0.3 is 0 Å². The highest BCUT2D eigenvalue weighted by Crippen LogP contribution is 2.20. The molecule has 27 heavy (non-hydrogen) atoms. The summed E-state index contributed by atoms with van der Waals surface area (Å²) in [5.41, 5.74) is 2.33. The Morgan fingerprint density at radius 3 is 2.70 bits per heavy atom. The fourth-order valence-electron chi connectivity index (χ4n) is 2.91. The van der Waals surface area contributed by atoms with Crippen molar-refractivity contribution in [3.8, 4) is 5.69 Å². The van der Waals surface area contributed by atoms with Crippen LogP contribution in [0.2, 0.25) is 0 Å². The Morgan fingerprint density at radius 2 is 1.96 bits per heavy atom. The minimum Gasteiger partial charge on any atom is -0.349 e. The Morgan fingerprint density at radius 1 is 1.19 bits per heavy atom. The van der Waals surface area contributed by atoms with Gasteiger partial charge in [-0.1, -0.05) is 30.3 Å². The fraction of sp³-hybridized carbons (Fsp3) is 0.150. The van der Waals surface area contributed by atoms with Gasteiger partial charge in [-0.05, 0) is 43.2 Å². The second-order valence-electron chi connectivity index (χ2n) is 6.42. The molecule has 2 aromatic heterocycles. The third-order valence-corrected chi connectivity index (χ3v) is 4.49. The lowest BCUT2D eigenvalue weighted by Gasteiger charge is -2.15. The van der Waals surface area contributed by atoms with Gasteiger partial charge in [0.2, 0.25) is 5.95 Å². The van der Waals surface area contributed by atoms with Gasteiger partial charge in [0.15, 0.2) is 5.65 Å². The van der Waals surface area contributed by atoms with Gasteiger partial charge in [-0.25, -0.2) is 9.07 Å². The van der Waals surface area contributed by atoms with E-state index in [2.05, 4.69) is 20.4 Å². The predicted octanol–water partition coefficient (Wildman–Crippen LogP) is 3.73. The number of nitrogens with zero attached hydrogens (tertiary/aromatic N) is 3. The second-order valence-corrected chi connectivity index (χ2v) is 6.42. The Kier molecular flexibility index (Phi) is 4.19. The number of aromatic nitrogens is 4. The van der Waals surface area contributed by atoms with Gasteiger partial charge in [-0.2, -0.15) is 10.1 Å². The molecule has 2 heterocycles. The largest absolute Gasteiger partial charge is 0.349 e. The van der Waals surface area contributed by atoms with Crippen molar-refractivity contribution in [2.75, 3.05) is 5.32 Å². The van der Waals surface area contributed by atoms with E-state index >= 15 is 0 Å². The van der Waals surface area contributed by atoms with Crippen molar-refractivity contribution in [1.82, 2.24) is 19.7 Å². The minimum atomic E-state index is -0.285. The molecule has 4 aromatic rings. The number of benzene rings is 2. The normalized spacial score (nSPS) is 12.3. The summed E-state index contributed by atoms with van der Waals surface area (Å²) in [6.07, 6.45) is 1.50. The minimum absolute atomic E-state index is 0.242. The Hall–Kier alpha value is -3.48. The summed E-state index contributed by atoms with van der Waals surface area (Å²) in [7, 11) is 0. The maximum absolute atomic E-state index is 13.8. The van der Waals surface area contributed by atoms with Gasteiger partial charge < -0.3 is 5.32 Å². The van der Waals surface area contributed by atoms with Gasteiger partial charge in [0.25, 0.3) is 5.56 Å². The van der Waals surface area contributed by atoms with Crippen LogP contribution in [-0.4, -0.2) is 19.7 Å². The summed E-state index contributed by atoms with van der Waals surface area (Å²) < 4.78 is 15.5.